The van der Waals surface area contributed by atoms with Crippen molar-refractivity contribution in [2.75, 3.05) is 5.32 Å². The number of rotatable bonds is 1. The third kappa shape index (κ3) is 1.78. The van der Waals surface area contributed by atoms with E-state index < -0.39 is 0 Å². The highest BCUT2D eigenvalue weighted by molar-refractivity contribution is 5.86. The smallest absolute Gasteiger partial charge is 0.113 e. The largest absolute Gasteiger partial charge is 0.367 e. The number of aromatic amines is 1. The van der Waals surface area contributed by atoms with E-state index in [1.807, 2.05) is 24.0 Å². The molecule has 0 bridgehead atoms. The number of aromatic nitrogens is 5. The first-order valence-corrected chi connectivity index (χ1v) is 7.49. The Hall–Kier alpha value is -3.15. The van der Waals surface area contributed by atoms with Crippen LogP contribution in [0.1, 0.15) is 5.56 Å². The minimum atomic E-state index is 0.791. The zero-order valence-corrected chi connectivity index (χ0v) is 12.5. The molecule has 0 amide bonds. The van der Waals surface area contributed by atoms with Crippen LogP contribution in [-0.4, -0.2) is 24.7 Å². The second-order valence-corrected chi connectivity index (χ2v) is 5.73. The van der Waals surface area contributed by atoms with Crippen LogP contribution in [0, 0.1) is 0 Å². The number of fused-ring (bicyclic) bond motifs is 4. The molecule has 0 saturated heterocycles. The van der Waals surface area contributed by atoms with Crippen molar-refractivity contribution in [1.82, 2.24) is 24.7 Å². The number of nitrogens with zero attached hydrogens (tertiary/aromatic N) is 4. The van der Waals surface area contributed by atoms with Crippen molar-refractivity contribution in [1.29, 1.82) is 0 Å². The molecule has 0 saturated carbocycles. The summed E-state index contributed by atoms with van der Waals surface area (Å²) in [7, 11) is 1.98. The molecule has 1 aromatic carbocycles. The summed E-state index contributed by atoms with van der Waals surface area (Å²) >= 11 is 0. The molecule has 1 aliphatic rings. The summed E-state index contributed by atoms with van der Waals surface area (Å²) in [6, 6.07) is 8.29. The molecule has 1 aliphatic heterocycles. The molecule has 6 nitrogen and oxygen atoms in total. The molecular weight excluding hydrogens is 288 g/mol. The Kier molecular flexibility index (Phi) is 2.38. The van der Waals surface area contributed by atoms with E-state index in [0.717, 1.165) is 40.2 Å². The zero-order chi connectivity index (χ0) is 15.4. The van der Waals surface area contributed by atoms with E-state index >= 15 is 0 Å². The Morgan fingerprint density at radius 2 is 1.96 bits per heavy atom. The van der Waals surface area contributed by atoms with Gasteiger partial charge in [0.15, 0.2) is 0 Å². The highest BCUT2D eigenvalue weighted by Crippen LogP contribution is 2.38. The lowest BCUT2D eigenvalue weighted by molar-refractivity contribution is 0.775. The minimum Gasteiger partial charge on any atom is -0.367 e. The zero-order valence-electron chi connectivity index (χ0n) is 12.5. The van der Waals surface area contributed by atoms with Gasteiger partial charge in [-0.15, -0.1) is 0 Å². The van der Waals surface area contributed by atoms with E-state index in [2.05, 4.69) is 43.6 Å². The first-order chi connectivity index (χ1) is 11.3. The van der Waals surface area contributed by atoms with Gasteiger partial charge in [0.05, 0.1) is 22.9 Å². The molecule has 4 aromatic rings. The molecule has 23 heavy (non-hydrogen) atoms. The van der Waals surface area contributed by atoms with Crippen LogP contribution in [0.5, 0.6) is 0 Å². The van der Waals surface area contributed by atoms with E-state index in [-0.39, 0.29) is 0 Å². The van der Waals surface area contributed by atoms with E-state index in [1.54, 1.807) is 12.4 Å². The molecule has 0 fully saturated rings. The second kappa shape index (κ2) is 4.42. The fraction of sp³-hybridized carbons (Fsp3) is 0.118. The van der Waals surface area contributed by atoms with Crippen LogP contribution in [0.4, 0.5) is 5.82 Å². The van der Waals surface area contributed by atoms with Crippen LogP contribution in [0.25, 0.3) is 33.5 Å². The van der Waals surface area contributed by atoms with Crippen molar-refractivity contribution >= 4 is 16.9 Å². The number of anilines is 1. The van der Waals surface area contributed by atoms with E-state index in [1.165, 1.54) is 11.3 Å². The van der Waals surface area contributed by atoms with Crippen LogP contribution in [-0.2, 0) is 13.6 Å². The summed E-state index contributed by atoms with van der Waals surface area (Å²) in [5.41, 5.74) is 7.49. The van der Waals surface area contributed by atoms with Crippen LogP contribution in [0.3, 0.4) is 0 Å². The van der Waals surface area contributed by atoms with Crippen LogP contribution < -0.4 is 5.32 Å². The van der Waals surface area contributed by atoms with E-state index in [4.69, 9.17) is 0 Å². The standard InChI is InChI=1S/C17H14N6/c1-23-16-11(9-21-23)8-20-17-12(16)7-14(22-17)10-2-3-13-15(6-10)19-5-4-18-13/h2-7,9,20,22H,8H2,1H3. The number of hydrogen-bond donors (Lipinski definition) is 2. The van der Waals surface area contributed by atoms with Gasteiger partial charge in [-0.25, -0.2) is 0 Å². The van der Waals surface area contributed by atoms with Crippen LogP contribution >= 0.6 is 0 Å². The third-order valence-corrected chi connectivity index (χ3v) is 4.32. The first kappa shape index (κ1) is 12.4. The van der Waals surface area contributed by atoms with Gasteiger partial charge < -0.3 is 10.3 Å². The van der Waals surface area contributed by atoms with Crippen molar-refractivity contribution < 1.29 is 0 Å². The predicted molar refractivity (Wildman–Crippen MR) is 88.9 cm³/mol. The first-order valence-electron chi connectivity index (χ1n) is 7.49. The molecule has 0 radical (unpaired) electrons. The summed E-state index contributed by atoms with van der Waals surface area (Å²) in [5, 5.41) is 7.79. The Bertz CT molecular complexity index is 1040. The number of aryl methyl sites for hydroxylation is 1. The summed E-state index contributed by atoms with van der Waals surface area (Å²) < 4.78 is 1.93. The van der Waals surface area contributed by atoms with Gasteiger partial charge in [0, 0.05) is 48.4 Å². The molecule has 5 rings (SSSR count). The number of H-pyrrole nitrogens is 1. The maximum Gasteiger partial charge on any atom is 0.113 e. The average Bonchev–Trinajstić information content (AvgIpc) is 3.18. The summed E-state index contributed by atoms with van der Waals surface area (Å²) in [6.07, 6.45) is 5.35. The number of benzene rings is 1. The van der Waals surface area contributed by atoms with Gasteiger partial charge in [0.2, 0.25) is 0 Å². The fourth-order valence-corrected chi connectivity index (χ4v) is 3.21. The summed E-state index contributed by atoms with van der Waals surface area (Å²) in [4.78, 5) is 12.2. The number of nitrogens with one attached hydrogen (secondary N) is 2. The molecule has 3 aromatic heterocycles. The SMILES string of the molecule is Cn1ncc2c1-c1cc(-c3ccc4nccnc4c3)[nH]c1NC2. The average molecular weight is 302 g/mol. The van der Waals surface area contributed by atoms with E-state index in [9.17, 15) is 0 Å². The molecule has 4 heterocycles. The Labute approximate surface area is 132 Å². The van der Waals surface area contributed by atoms with Crippen molar-refractivity contribution in [2.24, 2.45) is 7.05 Å². The predicted octanol–water partition coefficient (Wildman–Crippen LogP) is 2.95. The van der Waals surface area contributed by atoms with E-state index in [0.29, 0.717) is 0 Å². The highest BCUT2D eigenvalue weighted by atomic mass is 15.3. The molecule has 0 spiro atoms. The molecule has 6 heteroatoms. The maximum atomic E-state index is 4.38. The molecule has 2 N–H and O–H groups in total. The lowest BCUT2D eigenvalue weighted by Gasteiger charge is -2.14. The highest BCUT2D eigenvalue weighted by Gasteiger charge is 2.22. The lowest BCUT2D eigenvalue weighted by Crippen LogP contribution is -2.08. The lowest BCUT2D eigenvalue weighted by atomic mass is 10.1. The van der Waals surface area contributed by atoms with Gasteiger partial charge in [-0.2, -0.15) is 5.10 Å². The normalized spacial score (nSPS) is 12.7. The molecule has 0 aliphatic carbocycles. The van der Waals surface area contributed by atoms with Gasteiger partial charge in [-0.1, -0.05) is 6.07 Å². The van der Waals surface area contributed by atoms with Gasteiger partial charge >= 0.3 is 0 Å². The van der Waals surface area contributed by atoms with Crippen LogP contribution in [0.2, 0.25) is 0 Å². The van der Waals surface area contributed by atoms with Crippen LogP contribution in [0.15, 0.2) is 42.9 Å². The van der Waals surface area contributed by atoms with Gasteiger partial charge in [0.1, 0.15) is 5.82 Å². The van der Waals surface area contributed by atoms with Crippen molar-refractivity contribution in [3.05, 3.63) is 48.4 Å². The topological polar surface area (TPSA) is 71.4 Å². The minimum absolute atomic E-state index is 0.791. The fourth-order valence-electron chi connectivity index (χ4n) is 3.21. The van der Waals surface area contributed by atoms with Crippen molar-refractivity contribution in [3.63, 3.8) is 0 Å². The molecule has 0 unspecified atom stereocenters. The Morgan fingerprint density at radius 1 is 1.09 bits per heavy atom. The summed E-state index contributed by atoms with van der Waals surface area (Å²) in [5.74, 6) is 1.04. The third-order valence-electron chi connectivity index (χ3n) is 4.32. The van der Waals surface area contributed by atoms with Gasteiger partial charge in [-0.3, -0.25) is 14.6 Å². The summed E-state index contributed by atoms with van der Waals surface area (Å²) in [6.45, 7) is 0.791. The Morgan fingerprint density at radius 3 is 2.87 bits per heavy atom. The van der Waals surface area contributed by atoms with Crippen molar-refractivity contribution in [3.8, 4) is 22.5 Å². The number of hydrogen-bond acceptors (Lipinski definition) is 4. The molecule has 112 valence electrons. The Balaban J connectivity index is 1.68. The molecular formula is C17H14N6. The monoisotopic (exact) mass is 302 g/mol. The van der Waals surface area contributed by atoms with Gasteiger partial charge in [0.25, 0.3) is 0 Å². The van der Waals surface area contributed by atoms with Gasteiger partial charge in [-0.05, 0) is 18.2 Å². The maximum absolute atomic E-state index is 4.38. The second-order valence-electron chi connectivity index (χ2n) is 5.73. The molecule has 0 atom stereocenters. The van der Waals surface area contributed by atoms with Crippen molar-refractivity contribution in [2.45, 2.75) is 6.54 Å². The quantitative estimate of drug-likeness (QED) is 0.567.